The molecule has 118 valence electrons. The van der Waals surface area contributed by atoms with Crippen molar-refractivity contribution in [3.63, 3.8) is 0 Å². The molecule has 8 heteroatoms. The molecule has 0 saturated heterocycles. The summed E-state index contributed by atoms with van der Waals surface area (Å²) in [4.78, 5) is 12.1. The van der Waals surface area contributed by atoms with Gasteiger partial charge in [0.1, 0.15) is 0 Å². The van der Waals surface area contributed by atoms with Gasteiger partial charge >= 0.3 is 0 Å². The highest BCUT2D eigenvalue weighted by Gasteiger charge is 2.17. The molecule has 1 heterocycles. The molecule has 0 atom stereocenters. The van der Waals surface area contributed by atoms with Crippen LogP contribution >= 0.6 is 0 Å². The van der Waals surface area contributed by atoms with Crippen molar-refractivity contribution in [3.8, 4) is 0 Å². The van der Waals surface area contributed by atoms with Crippen molar-refractivity contribution in [2.24, 2.45) is 5.14 Å². The molecule has 0 radical (unpaired) electrons. The summed E-state index contributed by atoms with van der Waals surface area (Å²) in [5, 5.41) is 11.6. The zero-order chi connectivity index (χ0) is 16.3. The van der Waals surface area contributed by atoms with Crippen LogP contribution in [0.2, 0.25) is 0 Å². The Balaban J connectivity index is 2.21. The Morgan fingerprint density at radius 2 is 1.86 bits per heavy atom. The zero-order valence-electron chi connectivity index (χ0n) is 12.3. The average molecular weight is 323 g/mol. The van der Waals surface area contributed by atoms with Crippen LogP contribution in [0.4, 0.5) is 5.88 Å². The van der Waals surface area contributed by atoms with Gasteiger partial charge in [-0.25, -0.2) is 13.6 Å². The third-order valence-corrected chi connectivity index (χ3v) is 4.16. The molecular weight excluding hydrogens is 306 g/mol. The van der Waals surface area contributed by atoms with Gasteiger partial charge < -0.3 is 4.52 Å². The summed E-state index contributed by atoms with van der Waals surface area (Å²) in [5.41, 5.74) is 1.96. The number of nitrogens with zero attached hydrogens (tertiary/aromatic N) is 1. The molecule has 0 bridgehead atoms. The Kier molecular flexibility index (Phi) is 4.62. The largest absolute Gasteiger partial charge is 0.338 e. The lowest BCUT2D eigenvalue weighted by Crippen LogP contribution is -2.14. The molecule has 22 heavy (non-hydrogen) atoms. The molecule has 0 aliphatic rings. The van der Waals surface area contributed by atoms with E-state index in [4.69, 9.17) is 9.66 Å². The lowest BCUT2D eigenvalue weighted by atomic mass is 10.1. The van der Waals surface area contributed by atoms with E-state index in [1.54, 1.807) is 0 Å². The lowest BCUT2D eigenvalue weighted by molar-refractivity contribution is 0.102. The fourth-order valence-corrected chi connectivity index (χ4v) is 2.57. The minimum Gasteiger partial charge on any atom is -0.338 e. The molecule has 0 saturated carbocycles. The van der Waals surface area contributed by atoms with Crippen LogP contribution < -0.4 is 10.5 Å². The van der Waals surface area contributed by atoms with Crippen molar-refractivity contribution in [1.29, 1.82) is 0 Å². The van der Waals surface area contributed by atoms with Crippen molar-refractivity contribution in [3.05, 3.63) is 41.1 Å². The maximum Gasteiger partial charge on any atom is 0.258 e. The van der Waals surface area contributed by atoms with E-state index in [0.29, 0.717) is 24.3 Å². The van der Waals surface area contributed by atoms with Gasteiger partial charge in [-0.2, -0.15) is 0 Å². The third kappa shape index (κ3) is 3.34. The van der Waals surface area contributed by atoms with Crippen LogP contribution in [-0.4, -0.2) is 19.5 Å². The quantitative estimate of drug-likeness (QED) is 0.869. The molecule has 2 rings (SSSR count). The van der Waals surface area contributed by atoms with E-state index in [1.807, 2.05) is 13.8 Å². The number of hydrogen-bond donors (Lipinski definition) is 2. The number of nitrogens with two attached hydrogens (primary N) is 1. The molecule has 1 aromatic heterocycles. The number of carbonyl (C=O) groups excluding carboxylic acids is 1. The van der Waals surface area contributed by atoms with Gasteiger partial charge in [0.25, 0.3) is 5.91 Å². The number of amides is 1. The topological polar surface area (TPSA) is 115 Å². The van der Waals surface area contributed by atoms with Gasteiger partial charge in [0.05, 0.1) is 10.6 Å². The van der Waals surface area contributed by atoms with E-state index in [2.05, 4.69) is 10.5 Å². The van der Waals surface area contributed by atoms with Crippen molar-refractivity contribution in [2.45, 2.75) is 31.6 Å². The Morgan fingerprint density at radius 1 is 1.23 bits per heavy atom. The molecule has 1 amide bonds. The van der Waals surface area contributed by atoms with Crippen molar-refractivity contribution < 1.29 is 17.7 Å². The maximum absolute atomic E-state index is 12.2. The fraction of sp³-hybridized carbons (Fsp3) is 0.286. The maximum atomic E-state index is 12.2. The number of sulfonamides is 1. The van der Waals surface area contributed by atoms with Crippen LogP contribution in [0.15, 0.2) is 33.7 Å². The van der Waals surface area contributed by atoms with Gasteiger partial charge in [-0.05, 0) is 37.1 Å². The second-order valence-electron chi connectivity index (χ2n) is 4.67. The van der Waals surface area contributed by atoms with Crippen LogP contribution in [0.25, 0.3) is 0 Å². The highest BCUT2D eigenvalue weighted by atomic mass is 32.2. The molecule has 0 unspecified atom stereocenters. The first-order valence-electron chi connectivity index (χ1n) is 6.78. The van der Waals surface area contributed by atoms with Crippen LogP contribution in [-0.2, 0) is 22.9 Å². The average Bonchev–Trinajstić information content (AvgIpc) is 2.88. The molecule has 2 aromatic rings. The van der Waals surface area contributed by atoms with Gasteiger partial charge in [-0.3, -0.25) is 10.1 Å². The lowest BCUT2D eigenvalue weighted by Gasteiger charge is -2.04. The van der Waals surface area contributed by atoms with Crippen LogP contribution in [0.5, 0.6) is 0 Å². The van der Waals surface area contributed by atoms with E-state index < -0.39 is 15.9 Å². The number of rotatable bonds is 5. The minimum absolute atomic E-state index is 0.0498. The monoisotopic (exact) mass is 323 g/mol. The van der Waals surface area contributed by atoms with E-state index in [1.165, 1.54) is 24.3 Å². The first kappa shape index (κ1) is 16.2. The Bertz CT molecular complexity index is 779. The summed E-state index contributed by atoms with van der Waals surface area (Å²) < 4.78 is 27.5. The van der Waals surface area contributed by atoms with Gasteiger partial charge in [0.2, 0.25) is 15.9 Å². The first-order chi connectivity index (χ1) is 10.4. The second kappa shape index (κ2) is 6.29. The van der Waals surface area contributed by atoms with Crippen LogP contribution in [0.1, 0.15) is 35.5 Å². The number of hydrogen-bond acceptors (Lipinski definition) is 5. The number of benzene rings is 1. The highest BCUT2D eigenvalue weighted by molar-refractivity contribution is 7.89. The smallest absolute Gasteiger partial charge is 0.258 e. The van der Waals surface area contributed by atoms with Crippen LogP contribution in [0, 0.1) is 0 Å². The molecule has 0 aliphatic carbocycles. The molecule has 0 spiro atoms. The predicted octanol–water partition coefficient (Wildman–Crippen LogP) is 1.70. The number of aromatic nitrogens is 1. The summed E-state index contributed by atoms with van der Waals surface area (Å²) >= 11 is 0. The number of aryl methyl sites for hydroxylation is 1. The summed E-state index contributed by atoms with van der Waals surface area (Å²) in [6, 6.07) is 5.33. The normalized spacial score (nSPS) is 11.4. The Morgan fingerprint density at radius 3 is 2.36 bits per heavy atom. The second-order valence-corrected chi connectivity index (χ2v) is 6.23. The Hall–Kier alpha value is -2.19. The summed E-state index contributed by atoms with van der Waals surface area (Å²) in [6.45, 7) is 3.90. The number of primary sulfonamides is 1. The molecule has 0 fully saturated rings. The van der Waals surface area contributed by atoms with E-state index >= 15 is 0 Å². The van der Waals surface area contributed by atoms with E-state index in [9.17, 15) is 13.2 Å². The van der Waals surface area contributed by atoms with Crippen molar-refractivity contribution in [2.75, 3.05) is 5.32 Å². The predicted molar refractivity (Wildman–Crippen MR) is 81.0 cm³/mol. The van der Waals surface area contributed by atoms with Crippen molar-refractivity contribution >= 4 is 21.8 Å². The molecular formula is C14H17N3O4S. The van der Waals surface area contributed by atoms with Crippen molar-refractivity contribution in [1.82, 2.24) is 5.16 Å². The molecule has 0 aliphatic heterocycles. The third-order valence-electron chi connectivity index (χ3n) is 3.23. The van der Waals surface area contributed by atoms with Crippen LogP contribution in [0.3, 0.4) is 0 Å². The number of anilines is 1. The molecule has 1 aromatic carbocycles. The van der Waals surface area contributed by atoms with Gasteiger partial charge in [0.15, 0.2) is 0 Å². The van der Waals surface area contributed by atoms with Gasteiger partial charge in [0, 0.05) is 11.1 Å². The Labute approximate surface area is 128 Å². The SMILES string of the molecule is CCc1noc(NC(=O)c2ccc(S(N)(=O)=O)cc2)c1CC. The summed E-state index contributed by atoms with van der Waals surface area (Å²) in [6.07, 6.45) is 1.40. The zero-order valence-corrected chi connectivity index (χ0v) is 13.1. The summed E-state index contributed by atoms with van der Waals surface area (Å²) in [5.74, 6) is -0.0886. The fourth-order valence-electron chi connectivity index (χ4n) is 2.05. The molecule has 3 N–H and O–H groups in total. The highest BCUT2D eigenvalue weighted by Crippen LogP contribution is 2.21. The van der Waals surface area contributed by atoms with Gasteiger partial charge in [-0.15, -0.1) is 0 Å². The van der Waals surface area contributed by atoms with Gasteiger partial charge in [-0.1, -0.05) is 19.0 Å². The van der Waals surface area contributed by atoms with E-state index in [-0.39, 0.29) is 4.90 Å². The van der Waals surface area contributed by atoms with E-state index in [0.717, 1.165) is 11.3 Å². The summed E-state index contributed by atoms with van der Waals surface area (Å²) in [7, 11) is -3.78. The standard InChI is InChI=1S/C14H17N3O4S/c1-3-11-12(4-2)17-21-14(11)16-13(18)9-5-7-10(8-6-9)22(15,19)20/h5-8H,3-4H2,1-2H3,(H,16,18)(H2,15,19,20). The first-order valence-corrected chi connectivity index (χ1v) is 8.33. The number of carbonyl (C=O) groups is 1. The minimum atomic E-state index is -3.78. The molecule has 7 nitrogen and oxygen atoms in total. The number of nitrogens with one attached hydrogen (secondary N) is 1.